The van der Waals surface area contributed by atoms with E-state index in [9.17, 15) is 12.8 Å². The molecule has 0 saturated heterocycles. The van der Waals surface area contributed by atoms with Crippen LogP contribution in [0.2, 0.25) is 5.02 Å². The van der Waals surface area contributed by atoms with E-state index < -0.39 is 15.8 Å². The van der Waals surface area contributed by atoms with Gasteiger partial charge in [-0.2, -0.15) is 0 Å². The van der Waals surface area contributed by atoms with E-state index in [2.05, 4.69) is 0 Å². The SMILES string of the molecule is COc1ccc(S(=O)(=O)N(C)c2ccc(F)c(Cl)c2)cc1. The third-order valence-corrected chi connectivity index (χ3v) is 5.07. The molecule has 112 valence electrons. The maximum atomic E-state index is 13.2. The van der Waals surface area contributed by atoms with Crippen molar-refractivity contribution < 1.29 is 17.5 Å². The van der Waals surface area contributed by atoms with Gasteiger partial charge in [-0.05, 0) is 42.5 Å². The Morgan fingerprint density at radius 2 is 1.76 bits per heavy atom. The molecule has 0 fully saturated rings. The van der Waals surface area contributed by atoms with Crippen molar-refractivity contribution >= 4 is 27.3 Å². The molecule has 2 aromatic rings. The number of sulfonamides is 1. The van der Waals surface area contributed by atoms with E-state index in [0.29, 0.717) is 5.75 Å². The Bertz CT molecular complexity index is 747. The van der Waals surface area contributed by atoms with Crippen molar-refractivity contribution in [3.63, 3.8) is 0 Å². The second-order valence-electron chi connectivity index (χ2n) is 4.25. The standard InChI is InChI=1S/C14H13ClFNO3S/c1-17(10-3-8-14(16)13(15)9-10)21(18,19)12-6-4-11(20-2)5-7-12/h3-9H,1-2H3. The van der Waals surface area contributed by atoms with E-state index in [1.807, 2.05) is 0 Å². The summed E-state index contributed by atoms with van der Waals surface area (Å²) in [4.78, 5) is 0.103. The van der Waals surface area contributed by atoms with Crippen LogP contribution in [0.1, 0.15) is 0 Å². The van der Waals surface area contributed by atoms with E-state index in [-0.39, 0.29) is 15.6 Å². The Balaban J connectivity index is 2.39. The van der Waals surface area contributed by atoms with Crippen molar-refractivity contribution in [2.75, 3.05) is 18.5 Å². The first-order valence-electron chi connectivity index (χ1n) is 5.94. The lowest BCUT2D eigenvalue weighted by molar-refractivity contribution is 0.414. The van der Waals surface area contributed by atoms with Gasteiger partial charge >= 0.3 is 0 Å². The minimum atomic E-state index is -3.75. The first kappa shape index (κ1) is 15.6. The molecule has 0 spiro atoms. The second kappa shape index (κ2) is 5.91. The number of benzene rings is 2. The molecule has 0 aliphatic carbocycles. The maximum Gasteiger partial charge on any atom is 0.264 e. The summed E-state index contributed by atoms with van der Waals surface area (Å²) in [5.74, 6) is -0.0444. The third-order valence-electron chi connectivity index (χ3n) is 2.98. The molecule has 0 atom stereocenters. The van der Waals surface area contributed by atoms with Crippen molar-refractivity contribution in [1.29, 1.82) is 0 Å². The zero-order valence-corrected chi connectivity index (χ0v) is 13.0. The van der Waals surface area contributed by atoms with Crippen molar-refractivity contribution in [3.8, 4) is 5.75 Å². The van der Waals surface area contributed by atoms with Crippen LogP contribution < -0.4 is 9.04 Å². The van der Waals surface area contributed by atoms with Crippen LogP contribution in [-0.4, -0.2) is 22.6 Å². The molecule has 0 aliphatic heterocycles. The molecule has 7 heteroatoms. The zero-order chi connectivity index (χ0) is 15.6. The van der Waals surface area contributed by atoms with Crippen LogP contribution in [0.3, 0.4) is 0 Å². The van der Waals surface area contributed by atoms with E-state index in [1.54, 1.807) is 12.1 Å². The molecule has 0 aliphatic rings. The topological polar surface area (TPSA) is 46.6 Å². The predicted octanol–water partition coefficient (Wildman–Crippen LogP) is 3.31. The molecule has 0 bridgehead atoms. The molecular formula is C14H13ClFNO3S. The quantitative estimate of drug-likeness (QED) is 0.864. The van der Waals surface area contributed by atoms with Gasteiger partial charge in [-0.25, -0.2) is 12.8 Å². The Morgan fingerprint density at radius 1 is 1.14 bits per heavy atom. The van der Waals surface area contributed by atoms with Gasteiger partial charge in [0.15, 0.2) is 0 Å². The number of halogens is 2. The Morgan fingerprint density at radius 3 is 2.29 bits per heavy atom. The Labute approximate surface area is 127 Å². The Hall–Kier alpha value is -1.79. The van der Waals surface area contributed by atoms with E-state index in [4.69, 9.17) is 16.3 Å². The molecule has 0 saturated carbocycles. The highest BCUT2D eigenvalue weighted by Crippen LogP contribution is 2.27. The lowest BCUT2D eigenvalue weighted by atomic mass is 10.3. The second-order valence-corrected chi connectivity index (χ2v) is 6.62. The van der Waals surface area contributed by atoms with Crippen LogP contribution in [0.25, 0.3) is 0 Å². The number of methoxy groups -OCH3 is 1. The van der Waals surface area contributed by atoms with Crippen molar-refractivity contribution in [2.24, 2.45) is 0 Å². The number of nitrogens with zero attached hydrogens (tertiary/aromatic N) is 1. The lowest BCUT2D eigenvalue weighted by Gasteiger charge is -2.20. The summed E-state index contributed by atoms with van der Waals surface area (Å²) >= 11 is 5.68. The van der Waals surface area contributed by atoms with Crippen LogP contribution in [-0.2, 0) is 10.0 Å². The molecule has 0 amide bonds. The normalized spacial score (nSPS) is 11.2. The van der Waals surface area contributed by atoms with Crippen LogP contribution >= 0.6 is 11.6 Å². The van der Waals surface area contributed by atoms with Gasteiger partial charge in [0.2, 0.25) is 0 Å². The molecule has 0 heterocycles. The highest BCUT2D eigenvalue weighted by molar-refractivity contribution is 7.92. The molecule has 4 nitrogen and oxygen atoms in total. The van der Waals surface area contributed by atoms with Crippen LogP contribution in [0.15, 0.2) is 47.4 Å². The van der Waals surface area contributed by atoms with Gasteiger partial charge in [-0.3, -0.25) is 4.31 Å². The summed E-state index contributed by atoms with van der Waals surface area (Å²) in [6, 6.07) is 9.72. The smallest absolute Gasteiger partial charge is 0.264 e. The zero-order valence-electron chi connectivity index (χ0n) is 11.4. The van der Waals surface area contributed by atoms with Gasteiger partial charge < -0.3 is 4.74 Å². The highest BCUT2D eigenvalue weighted by atomic mass is 35.5. The fraction of sp³-hybridized carbons (Fsp3) is 0.143. The molecule has 2 aromatic carbocycles. The molecule has 21 heavy (non-hydrogen) atoms. The van der Waals surface area contributed by atoms with Gasteiger partial charge in [0, 0.05) is 7.05 Å². The number of rotatable bonds is 4. The number of anilines is 1. The van der Waals surface area contributed by atoms with Crippen molar-refractivity contribution in [2.45, 2.75) is 4.90 Å². The summed E-state index contributed by atoms with van der Waals surface area (Å²) in [5, 5.41) is -0.135. The van der Waals surface area contributed by atoms with Crippen molar-refractivity contribution in [3.05, 3.63) is 53.3 Å². The average Bonchev–Trinajstić information content (AvgIpc) is 2.49. The van der Waals surface area contributed by atoms with Gasteiger partial charge in [-0.15, -0.1) is 0 Å². The summed E-state index contributed by atoms with van der Waals surface area (Å²) in [6.45, 7) is 0. The Kier molecular flexibility index (Phi) is 4.39. The molecule has 0 aromatic heterocycles. The van der Waals surface area contributed by atoms with E-state index in [1.165, 1.54) is 38.4 Å². The first-order chi connectivity index (χ1) is 9.86. The minimum absolute atomic E-state index is 0.103. The van der Waals surface area contributed by atoms with E-state index >= 15 is 0 Å². The molecule has 0 radical (unpaired) electrons. The van der Waals surface area contributed by atoms with Gasteiger partial charge in [-0.1, -0.05) is 11.6 Å². The minimum Gasteiger partial charge on any atom is -0.497 e. The van der Waals surface area contributed by atoms with Crippen LogP contribution in [0.4, 0.5) is 10.1 Å². The largest absolute Gasteiger partial charge is 0.497 e. The first-order valence-corrected chi connectivity index (χ1v) is 7.76. The van der Waals surface area contributed by atoms with E-state index in [0.717, 1.165) is 10.4 Å². The maximum absolute atomic E-state index is 13.2. The fourth-order valence-corrected chi connectivity index (χ4v) is 3.09. The van der Waals surface area contributed by atoms with Gasteiger partial charge in [0.25, 0.3) is 10.0 Å². The fourth-order valence-electron chi connectivity index (χ4n) is 1.73. The molecule has 0 unspecified atom stereocenters. The summed E-state index contributed by atoms with van der Waals surface area (Å²) in [7, 11) is -0.876. The predicted molar refractivity (Wildman–Crippen MR) is 80.0 cm³/mol. The summed E-state index contributed by atoms with van der Waals surface area (Å²) in [6.07, 6.45) is 0. The van der Waals surface area contributed by atoms with Crippen LogP contribution in [0, 0.1) is 5.82 Å². The third kappa shape index (κ3) is 3.11. The van der Waals surface area contributed by atoms with Crippen molar-refractivity contribution in [1.82, 2.24) is 0 Å². The number of ether oxygens (including phenoxy) is 1. The summed E-state index contributed by atoms with van der Waals surface area (Å²) in [5.41, 5.74) is 0.275. The number of hydrogen-bond acceptors (Lipinski definition) is 3. The number of hydrogen-bond donors (Lipinski definition) is 0. The monoisotopic (exact) mass is 329 g/mol. The lowest BCUT2D eigenvalue weighted by Crippen LogP contribution is -2.26. The summed E-state index contributed by atoms with van der Waals surface area (Å²) < 4.78 is 44.1. The van der Waals surface area contributed by atoms with Gasteiger partial charge in [0.1, 0.15) is 11.6 Å². The molecule has 0 N–H and O–H groups in total. The molecule has 2 rings (SSSR count). The molecular weight excluding hydrogens is 317 g/mol. The average molecular weight is 330 g/mol. The van der Waals surface area contributed by atoms with Crippen LogP contribution in [0.5, 0.6) is 5.75 Å². The van der Waals surface area contributed by atoms with Gasteiger partial charge in [0.05, 0.1) is 22.7 Å². The highest BCUT2D eigenvalue weighted by Gasteiger charge is 2.21.